The highest BCUT2D eigenvalue weighted by atomic mass is 16.5. The molecule has 0 radical (unpaired) electrons. The molecule has 1 aromatic carbocycles. The van der Waals surface area contributed by atoms with Crippen LogP contribution in [0.3, 0.4) is 0 Å². The molecular formula is C15H22N2O2. The fourth-order valence-electron chi connectivity index (χ4n) is 3.33. The van der Waals surface area contributed by atoms with Crippen molar-refractivity contribution < 1.29 is 9.47 Å². The molecule has 1 saturated heterocycles. The van der Waals surface area contributed by atoms with Crippen molar-refractivity contribution in [1.82, 2.24) is 4.90 Å². The molecule has 1 aliphatic heterocycles. The summed E-state index contributed by atoms with van der Waals surface area (Å²) in [6.07, 6.45) is 4.19. The van der Waals surface area contributed by atoms with E-state index in [0.717, 1.165) is 31.1 Å². The Hall–Kier alpha value is -1.26. The Morgan fingerprint density at radius 1 is 1.37 bits per heavy atom. The number of nitrogens with zero attached hydrogens (tertiary/aromatic N) is 1. The number of benzene rings is 1. The van der Waals surface area contributed by atoms with Gasteiger partial charge in [0.25, 0.3) is 0 Å². The summed E-state index contributed by atoms with van der Waals surface area (Å²) in [5.41, 5.74) is 7.92. The number of rotatable bonds is 3. The van der Waals surface area contributed by atoms with E-state index >= 15 is 0 Å². The first-order chi connectivity index (χ1) is 9.26. The Morgan fingerprint density at radius 3 is 3.11 bits per heavy atom. The smallest absolute Gasteiger partial charge is 0.121 e. The van der Waals surface area contributed by atoms with Crippen LogP contribution in [0.25, 0.3) is 0 Å². The number of morpholine rings is 1. The lowest BCUT2D eigenvalue weighted by Crippen LogP contribution is -2.47. The van der Waals surface area contributed by atoms with Gasteiger partial charge in [0.2, 0.25) is 0 Å². The Morgan fingerprint density at radius 2 is 2.26 bits per heavy atom. The van der Waals surface area contributed by atoms with Gasteiger partial charge in [-0.15, -0.1) is 0 Å². The van der Waals surface area contributed by atoms with Crippen LogP contribution in [0.1, 0.15) is 24.8 Å². The van der Waals surface area contributed by atoms with Gasteiger partial charge in [-0.3, -0.25) is 4.90 Å². The summed E-state index contributed by atoms with van der Waals surface area (Å²) in [6, 6.07) is 6.57. The summed E-state index contributed by atoms with van der Waals surface area (Å²) >= 11 is 0. The average molecular weight is 262 g/mol. The molecule has 104 valence electrons. The number of fused-ring (bicyclic) bond motifs is 1. The van der Waals surface area contributed by atoms with Crippen molar-refractivity contribution >= 4 is 5.69 Å². The standard InChI is InChI=1S/C15H22N2O2/c1-18-13-8-11(7-12(16)9-13)10-17-5-6-19-15-4-2-3-14(15)17/h7-9,14-15H,2-6,10,16H2,1H3. The van der Waals surface area contributed by atoms with Crippen LogP contribution in [0, 0.1) is 0 Å². The molecule has 4 heteroatoms. The van der Waals surface area contributed by atoms with E-state index in [4.69, 9.17) is 15.2 Å². The summed E-state index contributed by atoms with van der Waals surface area (Å²) in [7, 11) is 1.68. The minimum atomic E-state index is 0.441. The number of hydrogen-bond acceptors (Lipinski definition) is 4. The highest BCUT2D eigenvalue weighted by Gasteiger charge is 2.35. The lowest BCUT2D eigenvalue weighted by molar-refractivity contribution is -0.0588. The maximum absolute atomic E-state index is 5.92. The van der Waals surface area contributed by atoms with Crippen LogP contribution in [-0.2, 0) is 11.3 Å². The predicted octanol–water partition coefficient (Wildman–Crippen LogP) is 2.03. The van der Waals surface area contributed by atoms with Gasteiger partial charge in [-0.1, -0.05) is 0 Å². The van der Waals surface area contributed by atoms with Gasteiger partial charge in [-0.05, 0) is 37.0 Å². The molecule has 2 unspecified atom stereocenters. The first kappa shape index (κ1) is 12.8. The van der Waals surface area contributed by atoms with Crippen molar-refractivity contribution in [1.29, 1.82) is 0 Å². The summed E-state index contributed by atoms with van der Waals surface area (Å²) in [5, 5.41) is 0. The fourth-order valence-corrected chi connectivity index (χ4v) is 3.33. The Bertz CT molecular complexity index is 450. The fraction of sp³-hybridized carbons (Fsp3) is 0.600. The minimum Gasteiger partial charge on any atom is -0.497 e. The van der Waals surface area contributed by atoms with Gasteiger partial charge in [0.1, 0.15) is 5.75 Å². The maximum atomic E-state index is 5.92. The lowest BCUT2D eigenvalue weighted by Gasteiger charge is -2.37. The number of ether oxygens (including phenoxy) is 2. The van der Waals surface area contributed by atoms with Crippen LogP contribution in [-0.4, -0.2) is 37.3 Å². The van der Waals surface area contributed by atoms with Crippen LogP contribution in [0.4, 0.5) is 5.69 Å². The summed E-state index contributed by atoms with van der Waals surface area (Å²) in [5.74, 6) is 0.839. The van der Waals surface area contributed by atoms with E-state index in [-0.39, 0.29) is 0 Å². The van der Waals surface area contributed by atoms with Gasteiger partial charge in [-0.2, -0.15) is 0 Å². The predicted molar refractivity (Wildman–Crippen MR) is 75.2 cm³/mol. The Labute approximate surface area is 114 Å². The first-order valence-electron chi connectivity index (χ1n) is 7.05. The van der Waals surface area contributed by atoms with Crippen LogP contribution in [0.5, 0.6) is 5.75 Å². The molecule has 1 heterocycles. The quantitative estimate of drug-likeness (QED) is 0.847. The number of anilines is 1. The molecule has 1 saturated carbocycles. The van der Waals surface area contributed by atoms with Crippen LogP contribution < -0.4 is 10.5 Å². The van der Waals surface area contributed by atoms with Crippen LogP contribution in [0.15, 0.2) is 18.2 Å². The van der Waals surface area contributed by atoms with Gasteiger partial charge in [-0.25, -0.2) is 0 Å². The molecule has 2 aliphatic rings. The van der Waals surface area contributed by atoms with E-state index < -0.39 is 0 Å². The van der Waals surface area contributed by atoms with Crippen molar-refractivity contribution in [2.24, 2.45) is 0 Å². The maximum Gasteiger partial charge on any atom is 0.121 e. The zero-order valence-electron chi connectivity index (χ0n) is 11.5. The normalized spacial score (nSPS) is 27.2. The Kier molecular flexibility index (Phi) is 3.62. The van der Waals surface area contributed by atoms with Crippen molar-refractivity contribution in [2.45, 2.75) is 38.0 Å². The molecule has 4 nitrogen and oxygen atoms in total. The van der Waals surface area contributed by atoms with E-state index in [9.17, 15) is 0 Å². The number of nitrogens with two attached hydrogens (primary N) is 1. The van der Waals surface area contributed by atoms with E-state index in [1.807, 2.05) is 12.1 Å². The largest absolute Gasteiger partial charge is 0.497 e. The number of hydrogen-bond donors (Lipinski definition) is 1. The van der Waals surface area contributed by atoms with Gasteiger partial charge < -0.3 is 15.2 Å². The molecule has 19 heavy (non-hydrogen) atoms. The monoisotopic (exact) mass is 262 g/mol. The topological polar surface area (TPSA) is 47.7 Å². The molecule has 0 amide bonds. The van der Waals surface area contributed by atoms with Gasteiger partial charge in [0.05, 0.1) is 19.8 Å². The zero-order chi connectivity index (χ0) is 13.2. The Balaban J connectivity index is 1.75. The lowest BCUT2D eigenvalue weighted by atomic mass is 10.1. The molecule has 0 aromatic heterocycles. The molecule has 2 fully saturated rings. The highest BCUT2D eigenvalue weighted by Crippen LogP contribution is 2.31. The molecule has 1 aromatic rings. The molecular weight excluding hydrogens is 240 g/mol. The third kappa shape index (κ3) is 2.69. The number of methoxy groups -OCH3 is 1. The van der Waals surface area contributed by atoms with E-state index in [2.05, 4.69) is 11.0 Å². The van der Waals surface area contributed by atoms with Crippen LogP contribution in [0.2, 0.25) is 0 Å². The van der Waals surface area contributed by atoms with Gasteiger partial charge >= 0.3 is 0 Å². The molecule has 3 rings (SSSR count). The summed E-state index contributed by atoms with van der Waals surface area (Å²) in [4.78, 5) is 2.54. The van der Waals surface area contributed by atoms with E-state index in [1.54, 1.807) is 7.11 Å². The van der Waals surface area contributed by atoms with E-state index in [0.29, 0.717) is 12.1 Å². The summed E-state index contributed by atoms with van der Waals surface area (Å²) in [6.45, 7) is 2.80. The number of nitrogen functional groups attached to an aromatic ring is 1. The second-order valence-corrected chi connectivity index (χ2v) is 5.49. The molecule has 2 N–H and O–H groups in total. The van der Waals surface area contributed by atoms with Crippen molar-refractivity contribution in [3.63, 3.8) is 0 Å². The SMILES string of the molecule is COc1cc(N)cc(CN2CCOC3CCCC32)c1. The average Bonchev–Trinajstić information content (AvgIpc) is 2.87. The van der Waals surface area contributed by atoms with Crippen molar-refractivity contribution in [2.75, 3.05) is 26.0 Å². The van der Waals surface area contributed by atoms with Gasteiger partial charge in [0, 0.05) is 30.9 Å². The van der Waals surface area contributed by atoms with Crippen LogP contribution >= 0.6 is 0 Å². The van der Waals surface area contributed by atoms with Crippen molar-refractivity contribution in [3.8, 4) is 5.75 Å². The zero-order valence-corrected chi connectivity index (χ0v) is 11.5. The minimum absolute atomic E-state index is 0.441. The van der Waals surface area contributed by atoms with Crippen molar-refractivity contribution in [3.05, 3.63) is 23.8 Å². The van der Waals surface area contributed by atoms with Gasteiger partial charge in [0.15, 0.2) is 0 Å². The summed E-state index contributed by atoms with van der Waals surface area (Å²) < 4.78 is 11.1. The molecule has 0 bridgehead atoms. The second kappa shape index (κ2) is 5.39. The first-order valence-corrected chi connectivity index (χ1v) is 7.05. The highest BCUT2D eigenvalue weighted by molar-refractivity contribution is 5.47. The molecule has 1 aliphatic carbocycles. The molecule has 2 atom stereocenters. The third-order valence-corrected chi connectivity index (χ3v) is 4.21. The third-order valence-electron chi connectivity index (χ3n) is 4.21. The molecule has 0 spiro atoms. The van der Waals surface area contributed by atoms with E-state index in [1.165, 1.54) is 24.8 Å². The second-order valence-electron chi connectivity index (χ2n) is 5.49.